The minimum Gasteiger partial charge on any atom is -0.495 e. The van der Waals surface area contributed by atoms with Crippen LogP contribution in [0.5, 0.6) is 5.75 Å². The van der Waals surface area contributed by atoms with Crippen LogP contribution in [-0.4, -0.2) is 61.7 Å². The number of carbonyl (C=O) groups excluding carboxylic acids is 1. The maximum atomic E-state index is 13.9. The third-order valence-corrected chi connectivity index (χ3v) is 8.80. The summed E-state index contributed by atoms with van der Waals surface area (Å²) in [5.41, 5.74) is 7.35. The second-order valence-electron chi connectivity index (χ2n) is 11.4. The van der Waals surface area contributed by atoms with Crippen molar-refractivity contribution in [2.24, 2.45) is 0 Å². The number of carbonyl (C=O) groups is 1. The Balaban J connectivity index is 1.31. The van der Waals surface area contributed by atoms with Crippen LogP contribution in [0, 0.1) is 6.92 Å². The molecule has 2 aliphatic rings. The summed E-state index contributed by atoms with van der Waals surface area (Å²) in [5.74, 6) is 1.02. The summed E-state index contributed by atoms with van der Waals surface area (Å²) in [6.07, 6.45) is 1.19. The van der Waals surface area contributed by atoms with E-state index in [1.807, 2.05) is 30.0 Å². The van der Waals surface area contributed by atoms with Crippen LogP contribution in [0.3, 0.4) is 0 Å². The van der Waals surface area contributed by atoms with E-state index in [1.165, 1.54) is 5.56 Å². The number of hydrogen-bond acceptors (Lipinski definition) is 5. The minimum absolute atomic E-state index is 0.126. The van der Waals surface area contributed by atoms with E-state index in [0.717, 1.165) is 69.9 Å². The molecule has 3 heterocycles. The monoisotopic (exact) mass is 534 g/mol. The first kappa shape index (κ1) is 26.3. The van der Waals surface area contributed by atoms with E-state index in [4.69, 9.17) is 9.72 Å². The normalized spacial score (nSPS) is 19.2. The van der Waals surface area contributed by atoms with Gasteiger partial charge in [0.2, 0.25) is 5.91 Å². The molecule has 2 atom stereocenters. The van der Waals surface area contributed by atoms with Crippen LogP contribution in [-0.2, 0) is 17.6 Å². The molecule has 40 heavy (non-hydrogen) atoms. The number of hydrogen-bond donors (Lipinski definition) is 0. The SMILES string of the molecule is COc1cc2c(cc1N1C[C@@H](C)N(C)[C@@H](C)C1)N(C(=O)Cc1ccc(-c3cccc(C)n3)c3ccccc13)CC2. The number of piperazine rings is 1. The molecule has 206 valence electrons. The van der Waals surface area contributed by atoms with Crippen molar-refractivity contribution in [3.63, 3.8) is 0 Å². The number of nitrogens with zero attached hydrogens (tertiary/aromatic N) is 4. The highest BCUT2D eigenvalue weighted by Gasteiger charge is 2.32. The minimum atomic E-state index is 0.126. The van der Waals surface area contributed by atoms with Gasteiger partial charge in [-0.2, -0.15) is 0 Å². The largest absolute Gasteiger partial charge is 0.495 e. The van der Waals surface area contributed by atoms with E-state index in [1.54, 1.807) is 7.11 Å². The van der Waals surface area contributed by atoms with Crippen LogP contribution in [0.2, 0.25) is 0 Å². The second kappa shape index (κ2) is 10.6. The smallest absolute Gasteiger partial charge is 0.231 e. The molecule has 1 saturated heterocycles. The van der Waals surface area contributed by atoms with Gasteiger partial charge in [-0.3, -0.25) is 14.7 Å². The molecule has 0 radical (unpaired) electrons. The molecule has 0 unspecified atom stereocenters. The zero-order valence-corrected chi connectivity index (χ0v) is 24.1. The van der Waals surface area contributed by atoms with Gasteiger partial charge in [-0.05, 0) is 80.4 Å². The molecule has 6 nitrogen and oxygen atoms in total. The lowest BCUT2D eigenvalue weighted by molar-refractivity contribution is -0.117. The summed E-state index contributed by atoms with van der Waals surface area (Å²) in [4.78, 5) is 25.4. The molecular formula is C34H38N4O2. The number of fused-ring (bicyclic) bond motifs is 2. The Morgan fingerprint density at radius 1 is 0.950 bits per heavy atom. The molecule has 0 bridgehead atoms. The van der Waals surface area contributed by atoms with Gasteiger partial charge in [-0.15, -0.1) is 0 Å². The van der Waals surface area contributed by atoms with Gasteiger partial charge in [0.15, 0.2) is 0 Å². The van der Waals surface area contributed by atoms with Gasteiger partial charge in [-0.25, -0.2) is 0 Å². The quantitative estimate of drug-likeness (QED) is 0.320. The molecule has 0 N–H and O–H groups in total. The highest BCUT2D eigenvalue weighted by Crippen LogP contribution is 2.41. The second-order valence-corrected chi connectivity index (χ2v) is 11.4. The molecule has 6 rings (SSSR count). The summed E-state index contributed by atoms with van der Waals surface area (Å²) in [5, 5.41) is 2.23. The molecule has 3 aromatic carbocycles. The van der Waals surface area contributed by atoms with Crippen molar-refractivity contribution in [3.05, 3.63) is 83.6 Å². The van der Waals surface area contributed by atoms with Crippen molar-refractivity contribution in [2.75, 3.05) is 43.6 Å². The average molecular weight is 535 g/mol. The highest BCUT2D eigenvalue weighted by molar-refractivity contribution is 6.03. The van der Waals surface area contributed by atoms with Crippen LogP contribution in [0.4, 0.5) is 11.4 Å². The maximum absolute atomic E-state index is 13.9. The molecular weight excluding hydrogens is 496 g/mol. The Morgan fingerprint density at radius 2 is 1.70 bits per heavy atom. The Hall–Kier alpha value is -3.90. The highest BCUT2D eigenvalue weighted by atomic mass is 16.5. The van der Waals surface area contributed by atoms with Crippen molar-refractivity contribution in [3.8, 4) is 17.0 Å². The van der Waals surface area contributed by atoms with E-state index >= 15 is 0 Å². The number of anilines is 2. The van der Waals surface area contributed by atoms with E-state index in [0.29, 0.717) is 25.0 Å². The summed E-state index contributed by atoms with van der Waals surface area (Å²) in [7, 11) is 3.94. The zero-order valence-electron chi connectivity index (χ0n) is 24.1. The standard InChI is InChI=1S/C34H38N4O2/c1-22-9-8-12-30(35-22)29-14-13-25(27-10-6-7-11-28(27)29)18-34(39)38-16-15-26-17-33(40-5)32(19-31(26)38)37-20-23(2)36(4)24(3)21-37/h6-14,17,19,23-24H,15-16,18,20-21H2,1-5H3/t23-,24+. The first-order valence-electron chi connectivity index (χ1n) is 14.3. The number of pyridine rings is 1. The van der Waals surface area contributed by atoms with Crippen LogP contribution in [0.1, 0.15) is 30.7 Å². The van der Waals surface area contributed by atoms with Crippen molar-refractivity contribution >= 4 is 28.1 Å². The molecule has 6 heteroatoms. The lowest BCUT2D eigenvalue weighted by Crippen LogP contribution is -2.55. The van der Waals surface area contributed by atoms with E-state index in [9.17, 15) is 4.79 Å². The fourth-order valence-electron chi connectivity index (χ4n) is 6.36. The van der Waals surface area contributed by atoms with Crippen molar-refractivity contribution in [2.45, 2.75) is 45.7 Å². The number of amides is 1. The number of ether oxygens (including phenoxy) is 1. The summed E-state index contributed by atoms with van der Waals surface area (Å²) in [6.45, 7) is 9.10. The first-order valence-corrected chi connectivity index (χ1v) is 14.3. The molecule has 0 aliphatic carbocycles. The Labute approximate surface area is 237 Å². The molecule has 0 spiro atoms. The fourth-order valence-corrected chi connectivity index (χ4v) is 6.36. The van der Waals surface area contributed by atoms with Gasteiger partial charge in [0.05, 0.1) is 24.9 Å². The number of aryl methyl sites for hydroxylation is 1. The number of aromatic nitrogens is 1. The Morgan fingerprint density at radius 3 is 2.42 bits per heavy atom. The summed E-state index contributed by atoms with van der Waals surface area (Å²) < 4.78 is 5.85. The molecule has 1 fully saturated rings. The molecule has 4 aromatic rings. The van der Waals surface area contributed by atoms with Crippen molar-refractivity contribution in [1.82, 2.24) is 9.88 Å². The average Bonchev–Trinajstić information content (AvgIpc) is 3.38. The van der Waals surface area contributed by atoms with Crippen LogP contribution < -0.4 is 14.5 Å². The number of benzene rings is 3. The summed E-state index contributed by atoms with van der Waals surface area (Å²) in [6, 6.07) is 23.9. The van der Waals surface area contributed by atoms with E-state index in [-0.39, 0.29) is 5.91 Å². The predicted molar refractivity (Wildman–Crippen MR) is 164 cm³/mol. The Bertz CT molecular complexity index is 1570. The van der Waals surface area contributed by atoms with Crippen LogP contribution in [0.15, 0.2) is 66.7 Å². The van der Waals surface area contributed by atoms with Crippen LogP contribution >= 0.6 is 0 Å². The third kappa shape index (κ3) is 4.71. The van der Waals surface area contributed by atoms with Gasteiger partial charge in [-0.1, -0.05) is 42.5 Å². The lowest BCUT2D eigenvalue weighted by Gasteiger charge is -2.44. The Kier molecular flexibility index (Phi) is 6.97. The molecule has 2 aliphatic heterocycles. The molecule has 1 aromatic heterocycles. The number of methoxy groups -OCH3 is 1. The van der Waals surface area contributed by atoms with Crippen molar-refractivity contribution in [1.29, 1.82) is 0 Å². The van der Waals surface area contributed by atoms with Crippen LogP contribution in [0.25, 0.3) is 22.0 Å². The van der Waals surface area contributed by atoms with E-state index in [2.05, 4.69) is 79.2 Å². The van der Waals surface area contributed by atoms with Crippen molar-refractivity contribution < 1.29 is 9.53 Å². The third-order valence-electron chi connectivity index (χ3n) is 8.80. The number of likely N-dealkylation sites (N-methyl/N-ethyl adjacent to an activating group) is 1. The van der Waals surface area contributed by atoms with Gasteiger partial charge in [0, 0.05) is 48.7 Å². The van der Waals surface area contributed by atoms with Gasteiger partial charge < -0.3 is 14.5 Å². The number of rotatable bonds is 5. The summed E-state index contributed by atoms with van der Waals surface area (Å²) >= 11 is 0. The first-order chi connectivity index (χ1) is 19.3. The van der Waals surface area contributed by atoms with E-state index < -0.39 is 0 Å². The zero-order chi connectivity index (χ0) is 28.0. The van der Waals surface area contributed by atoms with Gasteiger partial charge in [0.1, 0.15) is 5.75 Å². The topological polar surface area (TPSA) is 48.9 Å². The maximum Gasteiger partial charge on any atom is 0.231 e. The lowest BCUT2D eigenvalue weighted by atomic mass is 9.95. The molecule has 1 amide bonds. The van der Waals surface area contributed by atoms with Gasteiger partial charge >= 0.3 is 0 Å². The fraction of sp³-hybridized carbons (Fsp3) is 0.353. The van der Waals surface area contributed by atoms with Gasteiger partial charge in [0.25, 0.3) is 0 Å². The predicted octanol–water partition coefficient (Wildman–Crippen LogP) is 5.88. The molecule has 0 saturated carbocycles.